The number of para-hydroxylation sites is 1. The molecule has 0 aliphatic carbocycles. The molecule has 0 N–H and O–H groups in total. The molecule has 0 unspecified atom stereocenters. The summed E-state index contributed by atoms with van der Waals surface area (Å²) >= 11 is 0. The monoisotopic (exact) mass is 333 g/mol. The highest BCUT2D eigenvalue weighted by Crippen LogP contribution is 2.38. The van der Waals surface area contributed by atoms with Crippen molar-refractivity contribution in [2.24, 2.45) is 0 Å². The molecule has 1 aliphatic rings. The Hall–Kier alpha value is -2.06. The van der Waals surface area contributed by atoms with Crippen molar-refractivity contribution in [1.29, 1.82) is 0 Å². The molecular weight excluding hydrogens is 315 g/mol. The Kier molecular flexibility index (Phi) is 4.05. The first kappa shape index (κ1) is 16.8. The maximum Gasteiger partial charge on any atom is 0.525 e. The molecule has 126 valence electrons. The number of nitrogens with zero attached hydrogens (tertiary/aromatic N) is 3. The largest absolute Gasteiger partial charge is 0.525 e. The number of rotatable bonds is 3. The third-order valence-corrected chi connectivity index (χ3v) is 4.37. The van der Waals surface area contributed by atoms with Crippen molar-refractivity contribution < 1.29 is 18.1 Å². The topological polar surface area (TPSA) is 49.2 Å². The van der Waals surface area contributed by atoms with Gasteiger partial charge in [-0.25, -0.2) is 13.5 Å². The van der Waals surface area contributed by atoms with E-state index in [0.717, 1.165) is 0 Å². The van der Waals surface area contributed by atoms with Crippen molar-refractivity contribution in [2.75, 3.05) is 0 Å². The SMILES string of the molecule is CC1(C)OB(C(F)=Cc2cn(-c3ccccc3F)nn2)OC1(C)C. The van der Waals surface area contributed by atoms with Crippen LogP contribution in [0.25, 0.3) is 11.8 Å². The van der Waals surface area contributed by atoms with E-state index in [1.54, 1.807) is 18.2 Å². The lowest BCUT2D eigenvalue weighted by Gasteiger charge is -2.32. The minimum atomic E-state index is -1.10. The van der Waals surface area contributed by atoms with Crippen molar-refractivity contribution in [2.45, 2.75) is 38.9 Å². The van der Waals surface area contributed by atoms with Gasteiger partial charge in [-0.1, -0.05) is 17.3 Å². The second-order valence-electron chi connectivity index (χ2n) is 6.66. The maximum atomic E-state index is 14.4. The Balaban J connectivity index is 1.82. The van der Waals surface area contributed by atoms with Gasteiger partial charge in [-0.3, -0.25) is 0 Å². The normalized spacial score (nSPS) is 19.8. The quantitative estimate of drug-likeness (QED) is 0.809. The van der Waals surface area contributed by atoms with Crippen molar-refractivity contribution >= 4 is 13.2 Å². The van der Waals surface area contributed by atoms with Crippen LogP contribution in [-0.2, 0) is 9.31 Å². The van der Waals surface area contributed by atoms with Gasteiger partial charge in [-0.05, 0) is 45.9 Å². The van der Waals surface area contributed by atoms with Gasteiger partial charge in [0, 0.05) is 0 Å². The maximum absolute atomic E-state index is 14.4. The van der Waals surface area contributed by atoms with Gasteiger partial charge in [0.1, 0.15) is 22.9 Å². The Morgan fingerprint density at radius 1 is 1.17 bits per heavy atom. The zero-order chi connectivity index (χ0) is 17.5. The zero-order valence-electron chi connectivity index (χ0n) is 14.0. The number of aromatic nitrogens is 3. The highest BCUT2D eigenvalue weighted by molar-refractivity contribution is 6.54. The predicted octanol–water partition coefficient (Wildman–Crippen LogP) is 3.35. The second-order valence-corrected chi connectivity index (χ2v) is 6.66. The van der Waals surface area contributed by atoms with Gasteiger partial charge in [-0.2, -0.15) is 0 Å². The van der Waals surface area contributed by atoms with Crippen LogP contribution in [0.2, 0.25) is 0 Å². The summed E-state index contributed by atoms with van der Waals surface area (Å²) in [6.45, 7) is 7.37. The van der Waals surface area contributed by atoms with Crippen LogP contribution >= 0.6 is 0 Å². The lowest BCUT2D eigenvalue weighted by molar-refractivity contribution is 0.00578. The molecule has 8 heteroatoms. The van der Waals surface area contributed by atoms with E-state index in [-0.39, 0.29) is 11.4 Å². The van der Waals surface area contributed by atoms with Gasteiger partial charge < -0.3 is 9.31 Å². The Morgan fingerprint density at radius 3 is 2.42 bits per heavy atom. The first-order valence-electron chi connectivity index (χ1n) is 7.60. The summed E-state index contributed by atoms with van der Waals surface area (Å²) in [5.74, 6) is -0.440. The number of halogens is 2. The fourth-order valence-electron chi connectivity index (χ4n) is 2.26. The summed E-state index contributed by atoms with van der Waals surface area (Å²) in [6, 6.07) is 6.13. The molecule has 1 fully saturated rings. The molecule has 1 aromatic heterocycles. The Labute approximate surface area is 139 Å². The van der Waals surface area contributed by atoms with E-state index in [2.05, 4.69) is 10.3 Å². The van der Waals surface area contributed by atoms with Crippen molar-refractivity contribution in [3.8, 4) is 5.69 Å². The van der Waals surface area contributed by atoms with Crippen LogP contribution in [0, 0.1) is 5.82 Å². The molecule has 0 bridgehead atoms. The molecule has 0 atom stereocenters. The highest BCUT2D eigenvalue weighted by Gasteiger charge is 2.53. The molecule has 2 aromatic rings. The lowest BCUT2D eigenvalue weighted by atomic mass is 9.87. The molecule has 1 aromatic carbocycles. The van der Waals surface area contributed by atoms with Crippen molar-refractivity contribution in [1.82, 2.24) is 15.0 Å². The lowest BCUT2D eigenvalue weighted by Crippen LogP contribution is -2.41. The van der Waals surface area contributed by atoms with Crippen LogP contribution in [0.15, 0.2) is 36.2 Å². The molecule has 24 heavy (non-hydrogen) atoms. The van der Waals surface area contributed by atoms with Crippen LogP contribution in [0.3, 0.4) is 0 Å². The molecule has 1 saturated heterocycles. The molecule has 1 aliphatic heterocycles. The van der Waals surface area contributed by atoms with Gasteiger partial charge >= 0.3 is 7.12 Å². The molecule has 2 heterocycles. The van der Waals surface area contributed by atoms with E-state index >= 15 is 0 Å². The third-order valence-electron chi connectivity index (χ3n) is 4.37. The first-order chi connectivity index (χ1) is 11.2. The van der Waals surface area contributed by atoms with Gasteiger partial charge in [0.25, 0.3) is 0 Å². The molecule has 0 amide bonds. The van der Waals surface area contributed by atoms with Gasteiger partial charge in [0.05, 0.1) is 17.4 Å². The van der Waals surface area contributed by atoms with Crippen LogP contribution < -0.4 is 0 Å². The minimum Gasteiger partial charge on any atom is -0.398 e. The summed E-state index contributed by atoms with van der Waals surface area (Å²) in [5.41, 5.74) is -1.40. The van der Waals surface area contributed by atoms with Gasteiger partial charge in [-0.15, -0.1) is 5.10 Å². The Bertz CT molecular complexity index is 773. The predicted molar refractivity (Wildman–Crippen MR) is 86.5 cm³/mol. The summed E-state index contributed by atoms with van der Waals surface area (Å²) in [6.07, 6.45) is 2.61. The van der Waals surface area contributed by atoms with E-state index in [1.807, 2.05) is 27.7 Å². The molecule has 3 rings (SSSR count). The minimum absolute atomic E-state index is 0.237. The summed E-state index contributed by atoms with van der Waals surface area (Å²) in [5, 5.41) is 7.65. The first-order valence-corrected chi connectivity index (χ1v) is 7.60. The van der Waals surface area contributed by atoms with Crippen LogP contribution in [0.4, 0.5) is 8.78 Å². The molecule has 0 saturated carbocycles. The van der Waals surface area contributed by atoms with Crippen LogP contribution in [0.5, 0.6) is 0 Å². The molecule has 0 radical (unpaired) electrons. The fraction of sp³-hybridized carbons (Fsp3) is 0.375. The molecule has 5 nitrogen and oxygen atoms in total. The van der Waals surface area contributed by atoms with E-state index in [0.29, 0.717) is 0 Å². The third kappa shape index (κ3) is 2.99. The summed E-state index contributed by atoms with van der Waals surface area (Å²) < 4.78 is 40.7. The van der Waals surface area contributed by atoms with E-state index in [9.17, 15) is 8.78 Å². The summed E-state index contributed by atoms with van der Waals surface area (Å²) in [7, 11) is -1.10. The second kappa shape index (κ2) is 5.79. The van der Waals surface area contributed by atoms with Crippen LogP contribution in [-0.4, -0.2) is 33.3 Å². The number of benzene rings is 1. The van der Waals surface area contributed by atoms with Gasteiger partial charge in [0.15, 0.2) is 0 Å². The number of hydrogen-bond donors (Lipinski definition) is 0. The average Bonchev–Trinajstić information content (AvgIpc) is 3.02. The van der Waals surface area contributed by atoms with Crippen molar-refractivity contribution in [3.63, 3.8) is 0 Å². The summed E-state index contributed by atoms with van der Waals surface area (Å²) in [4.78, 5) is 0. The van der Waals surface area contributed by atoms with E-state index in [1.165, 1.54) is 23.0 Å². The zero-order valence-corrected chi connectivity index (χ0v) is 14.0. The van der Waals surface area contributed by atoms with Crippen LogP contribution in [0.1, 0.15) is 33.4 Å². The standard InChI is InChI=1S/C16H18BF2N3O2/c1-15(2)16(3,4)24-17(23-15)14(19)9-11-10-22(21-20-11)13-8-6-5-7-12(13)18/h5-10H,1-4H3. The molecular formula is C16H18BF2N3O2. The smallest absolute Gasteiger partial charge is 0.398 e. The van der Waals surface area contributed by atoms with Gasteiger partial charge in [0.2, 0.25) is 0 Å². The number of hydrogen-bond acceptors (Lipinski definition) is 4. The highest BCUT2D eigenvalue weighted by atomic mass is 19.1. The van der Waals surface area contributed by atoms with E-state index in [4.69, 9.17) is 9.31 Å². The van der Waals surface area contributed by atoms with Crippen molar-refractivity contribution in [3.05, 3.63) is 47.7 Å². The fourth-order valence-corrected chi connectivity index (χ4v) is 2.26. The average molecular weight is 333 g/mol. The Morgan fingerprint density at radius 2 is 1.79 bits per heavy atom. The molecule has 0 spiro atoms. The van der Waals surface area contributed by atoms with E-state index < -0.39 is 29.9 Å².